The van der Waals surface area contributed by atoms with Crippen LogP contribution in [0.5, 0.6) is 17.2 Å². The van der Waals surface area contributed by atoms with E-state index in [1.165, 1.54) is 6.21 Å². The Hall–Kier alpha value is -3.22. The van der Waals surface area contributed by atoms with Crippen LogP contribution in [-0.4, -0.2) is 25.3 Å². The van der Waals surface area contributed by atoms with E-state index in [0.717, 1.165) is 17.7 Å². The third kappa shape index (κ3) is 7.40. The first-order valence-electron chi connectivity index (χ1n) is 10.9. The minimum Gasteiger partial charge on any atom is -0.494 e. The van der Waals surface area contributed by atoms with Crippen molar-refractivity contribution in [1.29, 1.82) is 0 Å². The number of amides is 1. The Morgan fingerprint density at radius 2 is 1.79 bits per heavy atom. The first kappa shape index (κ1) is 25.4. The summed E-state index contributed by atoms with van der Waals surface area (Å²) in [5, 5.41) is 5.04. The van der Waals surface area contributed by atoms with Crippen molar-refractivity contribution in [1.82, 2.24) is 5.43 Å². The smallest absolute Gasteiger partial charge is 0.271 e. The highest BCUT2D eigenvalue weighted by molar-refractivity contribution is 6.32. The number of carbonyl (C=O) groups is 1. The maximum atomic E-state index is 12.3. The molecule has 0 bridgehead atoms. The number of nitrogens with zero attached hydrogens (tertiary/aromatic N) is 1. The summed E-state index contributed by atoms with van der Waals surface area (Å²) in [6.07, 6.45) is 2.41. The quantitative estimate of drug-likeness (QED) is 0.240. The third-order valence-corrected chi connectivity index (χ3v) is 5.09. The number of nitrogens with one attached hydrogen (secondary N) is 1. The van der Waals surface area contributed by atoms with Crippen LogP contribution >= 0.6 is 23.2 Å². The molecule has 34 heavy (non-hydrogen) atoms. The Morgan fingerprint density at radius 3 is 2.50 bits per heavy atom. The standard InChI is InChI=1S/C26H26Cl2N2O4/c1-3-12-33-22-10-8-20(9-11-22)26(31)30-29-16-19-14-23(28)25(24(15-19)32-4-2)34-17-18-6-5-7-21(27)13-18/h5-11,13-16H,3-4,12,17H2,1-2H3,(H,30,31)/b29-16-. The molecule has 0 aliphatic heterocycles. The van der Waals surface area contributed by atoms with Gasteiger partial charge >= 0.3 is 0 Å². The van der Waals surface area contributed by atoms with Crippen molar-refractivity contribution >= 4 is 35.3 Å². The molecule has 178 valence electrons. The van der Waals surface area contributed by atoms with Crippen molar-refractivity contribution in [2.24, 2.45) is 5.10 Å². The first-order chi connectivity index (χ1) is 16.5. The van der Waals surface area contributed by atoms with Crippen molar-refractivity contribution < 1.29 is 19.0 Å². The predicted molar refractivity (Wildman–Crippen MR) is 136 cm³/mol. The lowest BCUT2D eigenvalue weighted by atomic mass is 10.2. The average Bonchev–Trinajstić information content (AvgIpc) is 2.83. The van der Waals surface area contributed by atoms with Gasteiger partial charge in [0.05, 0.1) is 24.5 Å². The maximum Gasteiger partial charge on any atom is 0.271 e. The third-order valence-electron chi connectivity index (χ3n) is 4.57. The summed E-state index contributed by atoms with van der Waals surface area (Å²) >= 11 is 12.5. The Kier molecular flexibility index (Phi) is 9.62. The molecule has 0 spiro atoms. The molecule has 0 radical (unpaired) electrons. The maximum absolute atomic E-state index is 12.3. The zero-order chi connectivity index (χ0) is 24.3. The largest absolute Gasteiger partial charge is 0.494 e. The van der Waals surface area contributed by atoms with Crippen molar-refractivity contribution in [3.05, 3.63) is 87.4 Å². The number of benzene rings is 3. The number of hydrogen-bond donors (Lipinski definition) is 1. The van der Waals surface area contributed by atoms with E-state index in [9.17, 15) is 4.79 Å². The van der Waals surface area contributed by atoms with Gasteiger partial charge in [-0.1, -0.05) is 42.3 Å². The van der Waals surface area contributed by atoms with Gasteiger partial charge in [0.15, 0.2) is 11.5 Å². The fraction of sp³-hybridized carbons (Fsp3) is 0.231. The summed E-state index contributed by atoms with van der Waals surface area (Å²) in [5.41, 5.74) is 4.53. The van der Waals surface area contributed by atoms with E-state index in [-0.39, 0.29) is 12.5 Å². The topological polar surface area (TPSA) is 69.2 Å². The lowest BCUT2D eigenvalue weighted by molar-refractivity contribution is 0.0955. The van der Waals surface area contributed by atoms with E-state index in [1.54, 1.807) is 42.5 Å². The van der Waals surface area contributed by atoms with Gasteiger partial charge in [-0.25, -0.2) is 5.43 Å². The fourth-order valence-electron chi connectivity index (χ4n) is 3.00. The second-order valence-corrected chi connectivity index (χ2v) is 8.10. The molecule has 1 amide bonds. The highest BCUT2D eigenvalue weighted by Crippen LogP contribution is 2.37. The van der Waals surface area contributed by atoms with Crippen LogP contribution < -0.4 is 19.6 Å². The van der Waals surface area contributed by atoms with Crippen molar-refractivity contribution in [2.45, 2.75) is 26.9 Å². The van der Waals surface area contributed by atoms with Crippen molar-refractivity contribution in [3.63, 3.8) is 0 Å². The Morgan fingerprint density at radius 1 is 1.00 bits per heavy atom. The van der Waals surface area contributed by atoms with E-state index >= 15 is 0 Å². The summed E-state index contributed by atoms with van der Waals surface area (Å²) < 4.78 is 17.1. The van der Waals surface area contributed by atoms with Gasteiger partial charge < -0.3 is 14.2 Å². The van der Waals surface area contributed by atoms with Gasteiger partial charge in [-0.15, -0.1) is 0 Å². The van der Waals surface area contributed by atoms with Gasteiger partial charge in [-0.05, 0) is 73.0 Å². The molecule has 0 atom stereocenters. The molecule has 0 saturated heterocycles. The molecule has 0 saturated carbocycles. The van der Waals surface area contributed by atoms with Crippen molar-refractivity contribution in [2.75, 3.05) is 13.2 Å². The van der Waals surface area contributed by atoms with E-state index in [1.807, 2.05) is 32.0 Å². The van der Waals surface area contributed by atoms with Gasteiger partial charge in [-0.2, -0.15) is 5.10 Å². The summed E-state index contributed by atoms with van der Waals surface area (Å²) in [7, 11) is 0. The van der Waals surface area contributed by atoms with E-state index in [2.05, 4.69) is 10.5 Å². The molecule has 3 aromatic carbocycles. The molecule has 8 heteroatoms. The lowest BCUT2D eigenvalue weighted by Gasteiger charge is -2.14. The molecule has 3 rings (SSSR count). The first-order valence-corrected chi connectivity index (χ1v) is 11.7. The van der Waals surface area contributed by atoms with Crippen LogP contribution in [0.15, 0.2) is 65.8 Å². The van der Waals surface area contributed by atoms with E-state index < -0.39 is 0 Å². The summed E-state index contributed by atoms with van der Waals surface area (Å²) in [5.74, 6) is 1.29. The van der Waals surface area contributed by atoms with Gasteiger partial charge in [0.2, 0.25) is 0 Å². The van der Waals surface area contributed by atoms with E-state index in [4.69, 9.17) is 37.4 Å². The molecule has 0 aliphatic rings. The normalized spacial score (nSPS) is 10.8. The Balaban J connectivity index is 1.66. The SMILES string of the molecule is CCCOc1ccc(C(=O)N/N=C\c2cc(Cl)c(OCc3cccc(Cl)c3)c(OCC)c2)cc1. The lowest BCUT2D eigenvalue weighted by Crippen LogP contribution is -2.17. The molecule has 0 unspecified atom stereocenters. The minimum atomic E-state index is -0.337. The van der Waals surface area contributed by atoms with Gasteiger partial charge in [0, 0.05) is 10.6 Å². The molecule has 3 aromatic rings. The molecular formula is C26H26Cl2N2O4. The molecule has 1 N–H and O–H groups in total. The summed E-state index contributed by atoms with van der Waals surface area (Å²) in [6, 6.07) is 17.7. The predicted octanol–water partition coefficient (Wildman–Crippen LogP) is 6.52. The van der Waals surface area contributed by atoms with Crippen molar-refractivity contribution in [3.8, 4) is 17.2 Å². The number of halogens is 2. The zero-order valence-corrected chi connectivity index (χ0v) is 20.5. The number of carbonyl (C=O) groups excluding carboxylic acids is 1. The average molecular weight is 501 g/mol. The molecule has 0 heterocycles. The monoisotopic (exact) mass is 500 g/mol. The number of rotatable bonds is 11. The Labute approximate surface area is 209 Å². The number of ether oxygens (including phenoxy) is 3. The van der Waals surface area contributed by atoms with Crippen LogP contribution in [-0.2, 0) is 6.61 Å². The number of hydrazone groups is 1. The second-order valence-electron chi connectivity index (χ2n) is 7.25. The molecular weight excluding hydrogens is 475 g/mol. The molecule has 0 aromatic heterocycles. The van der Waals surface area contributed by atoms with Gasteiger partial charge in [-0.3, -0.25) is 4.79 Å². The second kappa shape index (κ2) is 12.9. The minimum absolute atomic E-state index is 0.284. The van der Waals surface area contributed by atoms with Crippen LogP contribution in [0.3, 0.4) is 0 Å². The molecule has 6 nitrogen and oxygen atoms in total. The molecule has 0 aliphatic carbocycles. The highest BCUT2D eigenvalue weighted by Gasteiger charge is 2.13. The van der Waals surface area contributed by atoms with Crippen LogP contribution in [0.25, 0.3) is 0 Å². The van der Waals surface area contributed by atoms with E-state index in [0.29, 0.717) is 45.9 Å². The number of hydrogen-bond acceptors (Lipinski definition) is 5. The fourth-order valence-corrected chi connectivity index (χ4v) is 3.49. The summed E-state index contributed by atoms with van der Waals surface area (Å²) in [6.45, 7) is 5.25. The van der Waals surface area contributed by atoms with Crippen LogP contribution in [0.1, 0.15) is 41.8 Å². The highest BCUT2D eigenvalue weighted by atomic mass is 35.5. The summed E-state index contributed by atoms with van der Waals surface area (Å²) in [4.78, 5) is 12.3. The van der Waals surface area contributed by atoms with Gasteiger partial charge in [0.25, 0.3) is 5.91 Å². The zero-order valence-electron chi connectivity index (χ0n) is 19.0. The van der Waals surface area contributed by atoms with Crippen LogP contribution in [0, 0.1) is 0 Å². The van der Waals surface area contributed by atoms with Gasteiger partial charge in [0.1, 0.15) is 12.4 Å². The van der Waals surface area contributed by atoms with Crippen LogP contribution in [0.4, 0.5) is 0 Å². The Bertz CT molecular complexity index is 1130. The van der Waals surface area contributed by atoms with Crippen LogP contribution in [0.2, 0.25) is 10.0 Å². The molecule has 0 fully saturated rings.